The third-order valence-electron chi connectivity index (χ3n) is 2.83. The highest BCUT2D eigenvalue weighted by atomic mass is 79.9. The van der Waals surface area contributed by atoms with Crippen molar-refractivity contribution in [2.75, 3.05) is 19.8 Å². The molecule has 0 aromatic heterocycles. The van der Waals surface area contributed by atoms with E-state index in [2.05, 4.69) is 34.2 Å². The molecule has 0 aliphatic carbocycles. The zero-order chi connectivity index (χ0) is 13.9. The molecule has 0 saturated carbocycles. The van der Waals surface area contributed by atoms with Gasteiger partial charge in [0, 0.05) is 17.6 Å². The van der Waals surface area contributed by atoms with Gasteiger partial charge in [-0.2, -0.15) is 0 Å². The Bertz CT molecular complexity index is 358. The summed E-state index contributed by atoms with van der Waals surface area (Å²) in [7, 11) is 0. The van der Waals surface area contributed by atoms with Crippen molar-refractivity contribution in [2.45, 2.75) is 39.2 Å². The number of hydrogen-bond acceptors (Lipinski definition) is 3. The molecule has 1 rings (SSSR count). The number of unbranched alkanes of at least 4 members (excludes halogenated alkanes) is 2. The summed E-state index contributed by atoms with van der Waals surface area (Å²) in [5.74, 6) is 0.917. The Labute approximate surface area is 124 Å². The second kappa shape index (κ2) is 10.2. The van der Waals surface area contributed by atoms with Gasteiger partial charge in [0.15, 0.2) is 0 Å². The molecule has 0 radical (unpaired) electrons. The third kappa shape index (κ3) is 6.95. The molecule has 3 nitrogen and oxygen atoms in total. The zero-order valence-electron chi connectivity index (χ0n) is 11.6. The van der Waals surface area contributed by atoms with Crippen LogP contribution in [0.1, 0.15) is 38.2 Å². The van der Waals surface area contributed by atoms with Gasteiger partial charge in [-0.1, -0.05) is 22.9 Å². The molecule has 0 saturated heterocycles. The largest absolute Gasteiger partial charge is 0.494 e. The minimum Gasteiger partial charge on any atom is -0.494 e. The number of hydrogen-bond donors (Lipinski definition) is 2. The summed E-state index contributed by atoms with van der Waals surface area (Å²) in [6, 6.07) is 6.10. The van der Waals surface area contributed by atoms with Gasteiger partial charge in [-0.15, -0.1) is 0 Å². The Morgan fingerprint density at radius 1 is 1.26 bits per heavy atom. The van der Waals surface area contributed by atoms with Crippen molar-refractivity contribution in [3.63, 3.8) is 0 Å². The molecule has 19 heavy (non-hydrogen) atoms. The fraction of sp³-hybridized carbons (Fsp3) is 0.600. The summed E-state index contributed by atoms with van der Waals surface area (Å²) < 4.78 is 6.84. The second-order valence-corrected chi connectivity index (χ2v) is 5.42. The summed E-state index contributed by atoms with van der Waals surface area (Å²) >= 11 is 3.56. The molecule has 108 valence electrons. The minimum absolute atomic E-state index is 0.269. The molecule has 4 heteroatoms. The number of rotatable bonds is 10. The summed E-state index contributed by atoms with van der Waals surface area (Å²) in [6.07, 6.45) is 3.99. The Balaban J connectivity index is 2.39. The first kappa shape index (κ1) is 16.5. The fourth-order valence-electron chi connectivity index (χ4n) is 1.76. The molecule has 1 aromatic carbocycles. The lowest BCUT2D eigenvalue weighted by molar-refractivity contribution is 0.266. The molecule has 0 aliphatic rings. The molecule has 0 fully saturated rings. The van der Waals surface area contributed by atoms with Gasteiger partial charge in [-0.05, 0) is 56.0 Å². The monoisotopic (exact) mass is 329 g/mol. The van der Waals surface area contributed by atoms with E-state index in [9.17, 15) is 0 Å². The Kier molecular flexibility index (Phi) is 8.88. The Morgan fingerprint density at radius 3 is 2.84 bits per heavy atom. The average Bonchev–Trinajstić information content (AvgIpc) is 2.42. The van der Waals surface area contributed by atoms with Crippen LogP contribution < -0.4 is 10.1 Å². The number of halogens is 1. The van der Waals surface area contributed by atoms with Gasteiger partial charge in [0.2, 0.25) is 0 Å². The minimum atomic E-state index is 0.269. The van der Waals surface area contributed by atoms with Crippen molar-refractivity contribution in [1.82, 2.24) is 5.32 Å². The van der Waals surface area contributed by atoms with Crippen LogP contribution >= 0.6 is 15.9 Å². The number of ether oxygens (including phenoxy) is 1. The van der Waals surface area contributed by atoms with Crippen LogP contribution in [0, 0.1) is 0 Å². The molecule has 2 N–H and O–H groups in total. The van der Waals surface area contributed by atoms with Crippen LogP contribution in [0.25, 0.3) is 0 Å². The highest BCUT2D eigenvalue weighted by molar-refractivity contribution is 9.10. The maximum Gasteiger partial charge on any atom is 0.119 e. The molecule has 0 heterocycles. The summed E-state index contributed by atoms with van der Waals surface area (Å²) in [5, 5.41) is 12.1. The van der Waals surface area contributed by atoms with Crippen LogP contribution in [-0.4, -0.2) is 24.9 Å². The highest BCUT2D eigenvalue weighted by Gasteiger charge is 2.02. The quantitative estimate of drug-likeness (QED) is 0.645. The van der Waals surface area contributed by atoms with Crippen molar-refractivity contribution < 1.29 is 9.84 Å². The van der Waals surface area contributed by atoms with Crippen molar-refractivity contribution in [2.24, 2.45) is 0 Å². The first-order valence-electron chi connectivity index (χ1n) is 7.00. The van der Waals surface area contributed by atoms with E-state index in [1.54, 1.807) is 0 Å². The lowest BCUT2D eigenvalue weighted by Gasteiger charge is -2.10. The lowest BCUT2D eigenvalue weighted by Crippen LogP contribution is -2.14. The van der Waals surface area contributed by atoms with Crippen molar-refractivity contribution in [3.8, 4) is 5.75 Å². The van der Waals surface area contributed by atoms with Crippen LogP contribution in [0.15, 0.2) is 22.7 Å². The van der Waals surface area contributed by atoms with Gasteiger partial charge in [0.1, 0.15) is 5.75 Å². The third-order valence-corrected chi connectivity index (χ3v) is 3.60. The predicted octanol–water partition coefficient (Wildman–Crippen LogP) is 3.49. The van der Waals surface area contributed by atoms with Crippen LogP contribution in [-0.2, 0) is 6.54 Å². The van der Waals surface area contributed by atoms with Crippen LogP contribution in [0.4, 0.5) is 0 Å². The topological polar surface area (TPSA) is 41.5 Å². The van der Waals surface area contributed by atoms with Gasteiger partial charge in [-0.3, -0.25) is 0 Å². The normalized spacial score (nSPS) is 10.7. The van der Waals surface area contributed by atoms with E-state index >= 15 is 0 Å². The number of aliphatic hydroxyl groups is 1. The molecule has 0 aliphatic heterocycles. The van der Waals surface area contributed by atoms with Crippen molar-refractivity contribution in [3.05, 3.63) is 28.2 Å². The number of aliphatic hydroxyl groups excluding tert-OH is 1. The average molecular weight is 330 g/mol. The first-order valence-corrected chi connectivity index (χ1v) is 7.80. The maximum atomic E-state index is 8.70. The molecule has 0 amide bonds. The van der Waals surface area contributed by atoms with E-state index in [4.69, 9.17) is 9.84 Å². The van der Waals surface area contributed by atoms with Crippen molar-refractivity contribution in [1.29, 1.82) is 0 Å². The molecule has 0 bridgehead atoms. The molecular weight excluding hydrogens is 306 g/mol. The van der Waals surface area contributed by atoms with Crippen LogP contribution in [0.5, 0.6) is 5.75 Å². The summed E-state index contributed by atoms with van der Waals surface area (Å²) in [5.41, 5.74) is 1.22. The molecular formula is C15H24BrNO2. The molecule has 1 aromatic rings. The van der Waals surface area contributed by atoms with Crippen LogP contribution in [0.3, 0.4) is 0 Å². The van der Waals surface area contributed by atoms with Gasteiger partial charge in [0.05, 0.1) is 6.61 Å². The van der Waals surface area contributed by atoms with E-state index in [1.165, 1.54) is 5.56 Å². The predicted molar refractivity (Wildman–Crippen MR) is 82.6 cm³/mol. The molecule has 0 atom stereocenters. The van der Waals surface area contributed by atoms with Crippen LogP contribution in [0.2, 0.25) is 0 Å². The van der Waals surface area contributed by atoms with E-state index in [-0.39, 0.29) is 6.61 Å². The highest BCUT2D eigenvalue weighted by Crippen LogP contribution is 2.22. The van der Waals surface area contributed by atoms with E-state index in [1.807, 2.05) is 12.1 Å². The smallest absolute Gasteiger partial charge is 0.119 e. The Morgan fingerprint density at radius 2 is 2.11 bits per heavy atom. The lowest BCUT2D eigenvalue weighted by atomic mass is 10.2. The van der Waals surface area contributed by atoms with Gasteiger partial charge in [-0.25, -0.2) is 0 Å². The van der Waals surface area contributed by atoms with Gasteiger partial charge >= 0.3 is 0 Å². The van der Waals surface area contributed by atoms with E-state index in [0.29, 0.717) is 6.61 Å². The second-order valence-electron chi connectivity index (χ2n) is 4.56. The maximum absolute atomic E-state index is 8.70. The molecule has 0 unspecified atom stereocenters. The summed E-state index contributed by atoms with van der Waals surface area (Å²) in [6.45, 7) is 5.03. The zero-order valence-corrected chi connectivity index (χ0v) is 13.2. The number of benzene rings is 1. The van der Waals surface area contributed by atoms with E-state index < -0.39 is 0 Å². The van der Waals surface area contributed by atoms with Gasteiger partial charge in [0.25, 0.3) is 0 Å². The van der Waals surface area contributed by atoms with Crippen molar-refractivity contribution >= 4 is 15.9 Å². The number of nitrogens with one attached hydrogen (secondary N) is 1. The SMILES string of the molecule is CCCNCc1cc(OCCCCCO)ccc1Br. The Hall–Kier alpha value is -0.580. The fourth-order valence-corrected chi connectivity index (χ4v) is 2.14. The summed E-state index contributed by atoms with van der Waals surface area (Å²) in [4.78, 5) is 0. The molecule has 0 spiro atoms. The van der Waals surface area contributed by atoms with E-state index in [0.717, 1.165) is 49.0 Å². The van der Waals surface area contributed by atoms with Gasteiger partial charge < -0.3 is 15.2 Å². The first-order chi connectivity index (χ1) is 9.27. The standard InChI is InChI=1S/C15H24BrNO2/c1-2-8-17-12-13-11-14(6-7-15(13)16)19-10-5-3-4-9-18/h6-7,11,17-18H,2-5,8-10,12H2,1H3.